The number of hydrogen-bond donors (Lipinski definition) is 2. The second kappa shape index (κ2) is 6.44. The van der Waals surface area contributed by atoms with Crippen LogP contribution in [0.15, 0.2) is 29.2 Å². The van der Waals surface area contributed by atoms with E-state index < -0.39 is 26.9 Å². The molecule has 0 radical (unpaired) electrons. The van der Waals surface area contributed by atoms with Crippen LogP contribution in [-0.4, -0.2) is 31.8 Å². The van der Waals surface area contributed by atoms with E-state index in [1.54, 1.807) is 6.92 Å². The molecule has 2 N–H and O–H groups in total. The number of nitrogens with zero attached hydrogens (tertiary/aromatic N) is 1. The first-order valence-corrected chi connectivity index (χ1v) is 7.30. The number of rotatable bonds is 6. The summed E-state index contributed by atoms with van der Waals surface area (Å²) in [5.74, 6) is -0.446. The van der Waals surface area contributed by atoms with Gasteiger partial charge in [-0.1, -0.05) is 0 Å². The van der Waals surface area contributed by atoms with Crippen LogP contribution in [0.5, 0.6) is 0 Å². The molecule has 0 saturated carbocycles. The van der Waals surface area contributed by atoms with Gasteiger partial charge < -0.3 is 5.32 Å². The van der Waals surface area contributed by atoms with E-state index in [1.807, 2.05) is 0 Å². The smallest absolute Gasteiger partial charge is 0.269 e. The first kappa shape index (κ1) is 16.1. The fourth-order valence-corrected chi connectivity index (χ4v) is 2.63. The molecular formula is C11H15N3O5S. The Morgan fingerprint density at radius 1 is 1.35 bits per heavy atom. The van der Waals surface area contributed by atoms with Gasteiger partial charge in [-0.2, -0.15) is 4.72 Å². The Labute approximate surface area is 116 Å². The minimum absolute atomic E-state index is 0.140. The second-order valence-corrected chi connectivity index (χ2v) is 5.70. The van der Waals surface area contributed by atoms with Crippen molar-refractivity contribution >= 4 is 21.6 Å². The lowest BCUT2D eigenvalue weighted by Crippen LogP contribution is -2.44. The average Bonchev–Trinajstić information content (AvgIpc) is 2.38. The predicted molar refractivity (Wildman–Crippen MR) is 71.6 cm³/mol. The number of nitro groups is 1. The van der Waals surface area contributed by atoms with Gasteiger partial charge in [0.1, 0.15) is 0 Å². The Kier molecular flexibility index (Phi) is 5.17. The van der Waals surface area contributed by atoms with Gasteiger partial charge in [0, 0.05) is 18.7 Å². The summed E-state index contributed by atoms with van der Waals surface area (Å²) < 4.78 is 26.1. The number of nitrogens with one attached hydrogen (secondary N) is 2. The summed E-state index contributed by atoms with van der Waals surface area (Å²) in [6.45, 7) is 3.52. The van der Waals surface area contributed by atoms with Gasteiger partial charge in [0.25, 0.3) is 5.69 Å². The van der Waals surface area contributed by atoms with Gasteiger partial charge in [-0.05, 0) is 26.0 Å². The van der Waals surface area contributed by atoms with E-state index in [1.165, 1.54) is 6.92 Å². The zero-order chi connectivity index (χ0) is 15.3. The average molecular weight is 301 g/mol. The molecule has 0 aliphatic heterocycles. The molecule has 1 amide bonds. The maximum atomic E-state index is 12.0. The van der Waals surface area contributed by atoms with Crippen molar-refractivity contribution in [3.05, 3.63) is 34.4 Å². The summed E-state index contributed by atoms with van der Waals surface area (Å²) in [7, 11) is -3.90. The van der Waals surface area contributed by atoms with Crippen LogP contribution in [0.4, 0.5) is 5.69 Å². The van der Waals surface area contributed by atoms with Crippen LogP contribution in [-0.2, 0) is 14.8 Å². The molecule has 1 rings (SSSR count). The van der Waals surface area contributed by atoms with E-state index >= 15 is 0 Å². The van der Waals surface area contributed by atoms with E-state index in [2.05, 4.69) is 10.0 Å². The van der Waals surface area contributed by atoms with Crippen molar-refractivity contribution in [1.82, 2.24) is 10.0 Å². The summed E-state index contributed by atoms with van der Waals surface area (Å²) in [6, 6.07) is 3.47. The van der Waals surface area contributed by atoms with Crippen molar-refractivity contribution in [2.45, 2.75) is 24.8 Å². The maximum Gasteiger partial charge on any atom is 0.269 e. The number of sulfonamides is 1. The highest BCUT2D eigenvalue weighted by atomic mass is 32.2. The van der Waals surface area contributed by atoms with Crippen molar-refractivity contribution < 1.29 is 18.1 Å². The highest BCUT2D eigenvalue weighted by molar-refractivity contribution is 7.89. The predicted octanol–water partition coefficient (Wildman–Crippen LogP) is 0.398. The standard InChI is InChI=1S/C11H15N3O5S/c1-3-12-11(15)8(2)13-20(18,19)10-6-4-9(5-7-10)14(16)17/h4-8,13H,3H2,1-2H3,(H,12,15)/t8-/m0/s1. The molecule has 0 bridgehead atoms. The molecule has 0 heterocycles. The van der Waals surface area contributed by atoms with Crippen LogP contribution < -0.4 is 10.0 Å². The molecule has 0 spiro atoms. The van der Waals surface area contributed by atoms with Gasteiger partial charge in [-0.25, -0.2) is 8.42 Å². The van der Waals surface area contributed by atoms with Crippen molar-refractivity contribution in [3.8, 4) is 0 Å². The summed E-state index contributed by atoms with van der Waals surface area (Å²) in [4.78, 5) is 21.2. The molecule has 8 nitrogen and oxygen atoms in total. The van der Waals surface area contributed by atoms with E-state index in [4.69, 9.17) is 0 Å². The van der Waals surface area contributed by atoms with Gasteiger partial charge >= 0.3 is 0 Å². The quantitative estimate of drug-likeness (QED) is 0.582. The molecule has 0 aliphatic carbocycles. The first-order chi connectivity index (χ1) is 9.27. The molecule has 0 saturated heterocycles. The van der Waals surface area contributed by atoms with Gasteiger partial charge in [-0.15, -0.1) is 0 Å². The molecule has 20 heavy (non-hydrogen) atoms. The summed E-state index contributed by atoms with van der Waals surface area (Å²) in [5, 5.41) is 13.0. The van der Waals surface area contributed by atoms with E-state index in [0.717, 1.165) is 24.3 Å². The largest absolute Gasteiger partial charge is 0.355 e. The zero-order valence-corrected chi connectivity index (χ0v) is 11.8. The summed E-state index contributed by atoms with van der Waals surface area (Å²) >= 11 is 0. The lowest BCUT2D eigenvalue weighted by atomic mass is 10.3. The number of likely N-dealkylation sites (N-methyl/N-ethyl adjacent to an activating group) is 1. The number of nitro benzene ring substituents is 1. The Hall–Kier alpha value is -2.00. The number of hydrogen-bond acceptors (Lipinski definition) is 5. The van der Waals surface area contributed by atoms with E-state index in [9.17, 15) is 23.3 Å². The second-order valence-electron chi connectivity index (χ2n) is 3.99. The van der Waals surface area contributed by atoms with Crippen molar-refractivity contribution in [2.24, 2.45) is 0 Å². The fraction of sp³-hybridized carbons (Fsp3) is 0.364. The van der Waals surface area contributed by atoms with Crippen LogP contribution >= 0.6 is 0 Å². The zero-order valence-electron chi connectivity index (χ0n) is 11.0. The number of carbonyl (C=O) groups is 1. The lowest BCUT2D eigenvalue weighted by Gasteiger charge is -2.13. The van der Waals surface area contributed by atoms with E-state index in [-0.39, 0.29) is 10.6 Å². The van der Waals surface area contributed by atoms with Crippen molar-refractivity contribution in [1.29, 1.82) is 0 Å². The lowest BCUT2D eigenvalue weighted by molar-refractivity contribution is -0.384. The van der Waals surface area contributed by atoms with Crippen molar-refractivity contribution in [3.63, 3.8) is 0 Å². The molecule has 1 aromatic rings. The maximum absolute atomic E-state index is 12.0. The van der Waals surface area contributed by atoms with Gasteiger partial charge in [0.2, 0.25) is 15.9 Å². The van der Waals surface area contributed by atoms with E-state index in [0.29, 0.717) is 6.54 Å². The Morgan fingerprint density at radius 3 is 2.35 bits per heavy atom. The van der Waals surface area contributed by atoms with Gasteiger partial charge in [0.15, 0.2) is 0 Å². The molecular weight excluding hydrogens is 286 g/mol. The van der Waals surface area contributed by atoms with Crippen LogP contribution in [0.1, 0.15) is 13.8 Å². The van der Waals surface area contributed by atoms with Crippen LogP contribution in [0.3, 0.4) is 0 Å². The first-order valence-electron chi connectivity index (χ1n) is 5.82. The third kappa shape index (κ3) is 4.00. The van der Waals surface area contributed by atoms with Gasteiger partial charge in [-0.3, -0.25) is 14.9 Å². The number of benzene rings is 1. The highest BCUT2D eigenvalue weighted by Crippen LogP contribution is 2.15. The fourth-order valence-electron chi connectivity index (χ4n) is 1.43. The number of non-ortho nitro benzene ring substituents is 1. The molecule has 0 fully saturated rings. The Morgan fingerprint density at radius 2 is 1.90 bits per heavy atom. The normalized spacial score (nSPS) is 12.7. The molecule has 1 atom stereocenters. The van der Waals surface area contributed by atoms with Crippen LogP contribution in [0, 0.1) is 10.1 Å². The molecule has 0 aromatic heterocycles. The minimum Gasteiger partial charge on any atom is -0.355 e. The molecule has 9 heteroatoms. The molecule has 0 aliphatic rings. The third-order valence-corrected chi connectivity index (χ3v) is 3.99. The number of amides is 1. The highest BCUT2D eigenvalue weighted by Gasteiger charge is 2.22. The van der Waals surface area contributed by atoms with Crippen LogP contribution in [0.2, 0.25) is 0 Å². The third-order valence-electron chi connectivity index (χ3n) is 2.43. The molecule has 110 valence electrons. The minimum atomic E-state index is -3.90. The topological polar surface area (TPSA) is 118 Å². The Balaban J connectivity index is 2.88. The Bertz CT molecular complexity index is 597. The van der Waals surface area contributed by atoms with Crippen LogP contribution in [0.25, 0.3) is 0 Å². The SMILES string of the molecule is CCNC(=O)[C@H](C)NS(=O)(=O)c1ccc([N+](=O)[O-])cc1. The monoisotopic (exact) mass is 301 g/mol. The number of carbonyl (C=O) groups excluding carboxylic acids is 1. The van der Waals surface area contributed by atoms with Gasteiger partial charge in [0.05, 0.1) is 15.9 Å². The molecule has 1 aromatic carbocycles. The summed E-state index contributed by atoms with van der Waals surface area (Å²) in [6.07, 6.45) is 0. The molecule has 0 unspecified atom stereocenters. The van der Waals surface area contributed by atoms with Crippen molar-refractivity contribution in [2.75, 3.05) is 6.54 Å². The summed E-state index contributed by atoms with van der Waals surface area (Å²) in [5.41, 5.74) is -0.208.